The minimum absolute atomic E-state index is 0.226. The fourth-order valence-electron chi connectivity index (χ4n) is 4.71. The van der Waals surface area contributed by atoms with E-state index < -0.39 is 0 Å². The first-order valence-electron chi connectivity index (χ1n) is 11.6. The van der Waals surface area contributed by atoms with Crippen molar-refractivity contribution in [1.82, 2.24) is 30.1 Å². The van der Waals surface area contributed by atoms with Gasteiger partial charge in [0.15, 0.2) is 5.65 Å². The summed E-state index contributed by atoms with van der Waals surface area (Å²) in [7, 11) is 3.51. The maximum atomic E-state index is 5.52. The summed E-state index contributed by atoms with van der Waals surface area (Å²) in [6.45, 7) is 1.68. The van der Waals surface area contributed by atoms with E-state index in [1.165, 1.54) is 0 Å². The van der Waals surface area contributed by atoms with E-state index in [1.807, 2.05) is 19.2 Å². The molecule has 3 aromatic heterocycles. The molecular weight excluding hydrogens is 522 g/mol. The van der Waals surface area contributed by atoms with Crippen molar-refractivity contribution in [3.05, 3.63) is 53.5 Å². The molecule has 5 aromatic rings. The Hall–Kier alpha value is -3.99. The van der Waals surface area contributed by atoms with Gasteiger partial charge < -0.3 is 20.3 Å². The van der Waals surface area contributed by atoms with E-state index in [0.29, 0.717) is 11.6 Å². The molecule has 36 heavy (non-hydrogen) atoms. The van der Waals surface area contributed by atoms with Crippen LogP contribution in [0.2, 0.25) is 0 Å². The number of ether oxygens (including phenoxy) is 1. The summed E-state index contributed by atoms with van der Waals surface area (Å²) < 4.78 is 6.31. The largest absolute Gasteiger partial charge is 0.497 e. The van der Waals surface area contributed by atoms with Gasteiger partial charge in [0.1, 0.15) is 22.5 Å². The van der Waals surface area contributed by atoms with Crippen molar-refractivity contribution in [2.75, 3.05) is 42.8 Å². The Morgan fingerprint density at radius 2 is 2.06 bits per heavy atom. The lowest BCUT2D eigenvalue weighted by Gasteiger charge is -2.20. The molecule has 0 spiro atoms. The maximum absolute atomic E-state index is 5.52. The molecule has 1 saturated heterocycles. The minimum atomic E-state index is 0.226. The molecule has 0 aliphatic carbocycles. The highest BCUT2D eigenvalue weighted by Crippen LogP contribution is 2.35. The number of benzene rings is 2. The Bertz CT molecular complexity index is 1570. The van der Waals surface area contributed by atoms with E-state index in [4.69, 9.17) is 4.74 Å². The zero-order valence-electron chi connectivity index (χ0n) is 19.8. The van der Waals surface area contributed by atoms with Crippen LogP contribution in [0, 0.1) is 0 Å². The molecule has 0 bridgehead atoms. The molecule has 1 aliphatic rings. The highest BCUT2D eigenvalue weighted by atomic mass is 79.9. The average molecular weight is 546 g/mol. The van der Waals surface area contributed by atoms with E-state index in [0.717, 1.165) is 68.8 Å². The van der Waals surface area contributed by atoms with E-state index in [1.54, 1.807) is 19.6 Å². The third kappa shape index (κ3) is 4.05. The fourth-order valence-corrected chi connectivity index (χ4v) is 5.15. The van der Waals surface area contributed by atoms with Gasteiger partial charge in [-0.25, -0.2) is 19.9 Å². The van der Waals surface area contributed by atoms with Gasteiger partial charge >= 0.3 is 0 Å². The van der Waals surface area contributed by atoms with Crippen LogP contribution in [-0.2, 0) is 0 Å². The summed E-state index contributed by atoms with van der Waals surface area (Å²) in [4.78, 5) is 20.0. The van der Waals surface area contributed by atoms with Crippen LogP contribution in [0.5, 0.6) is 5.75 Å². The van der Waals surface area contributed by atoms with Gasteiger partial charge in [0, 0.05) is 49.0 Å². The van der Waals surface area contributed by atoms with E-state index >= 15 is 0 Å². The van der Waals surface area contributed by atoms with Gasteiger partial charge in [-0.3, -0.25) is 5.10 Å². The molecule has 1 fully saturated rings. The minimum Gasteiger partial charge on any atom is -0.497 e. The molecule has 182 valence electrons. The molecule has 1 aliphatic heterocycles. The molecular formula is C25H24BrN9O. The normalized spacial score (nSPS) is 15.5. The van der Waals surface area contributed by atoms with Gasteiger partial charge in [-0.1, -0.05) is 6.07 Å². The van der Waals surface area contributed by atoms with Crippen molar-refractivity contribution < 1.29 is 4.74 Å². The first kappa shape index (κ1) is 22.5. The zero-order valence-corrected chi connectivity index (χ0v) is 21.4. The van der Waals surface area contributed by atoms with Crippen LogP contribution in [0.1, 0.15) is 6.42 Å². The summed E-state index contributed by atoms with van der Waals surface area (Å²) in [6, 6.07) is 12.6. The standard InChI is InChI=1S/C25H24BrN9O/c1-27-25-28-7-5-19(32-25)15-9-14-3-4-17(36-2)11-18(14)20(10-15)31-16-6-8-35(12-16)24-21-22(26)33-34-23(21)29-13-30-24/h3-5,7,9-11,13,16,31H,6,8,12H2,1-2H3,(H,27,28,32)(H,29,30,33,34). The third-order valence-corrected chi connectivity index (χ3v) is 7.04. The number of H-pyrrole nitrogens is 1. The fraction of sp³-hybridized carbons (Fsp3) is 0.240. The lowest BCUT2D eigenvalue weighted by molar-refractivity contribution is 0.415. The summed E-state index contributed by atoms with van der Waals surface area (Å²) in [6.07, 6.45) is 4.30. The molecule has 10 nitrogen and oxygen atoms in total. The number of anilines is 3. The second-order valence-corrected chi connectivity index (χ2v) is 9.43. The van der Waals surface area contributed by atoms with Gasteiger partial charge in [-0.05, 0) is 58.1 Å². The number of nitrogens with one attached hydrogen (secondary N) is 3. The van der Waals surface area contributed by atoms with Crippen LogP contribution < -0.4 is 20.3 Å². The van der Waals surface area contributed by atoms with Gasteiger partial charge in [0.05, 0.1) is 18.2 Å². The topological polar surface area (TPSA) is 117 Å². The molecule has 1 unspecified atom stereocenters. The summed E-state index contributed by atoms with van der Waals surface area (Å²) >= 11 is 3.55. The predicted molar refractivity (Wildman–Crippen MR) is 145 cm³/mol. The van der Waals surface area contributed by atoms with Gasteiger partial charge in [-0.2, -0.15) is 5.10 Å². The number of hydrogen-bond acceptors (Lipinski definition) is 9. The van der Waals surface area contributed by atoms with Gasteiger partial charge in [0.2, 0.25) is 5.95 Å². The summed E-state index contributed by atoms with van der Waals surface area (Å²) in [5.74, 6) is 2.29. The van der Waals surface area contributed by atoms with E-state index in [9.17, 15) is 0 Å². The Kier molecular flexibility index (Phi) is 5.76. The second-order valence-electron chi connectivity index (χ2n) is 8.64. The van der Waals surface area contributed by atoms with Crippen molar-refractivity contribution >= 4 is 55.2 Å². The quantitative estimate of drug-likeness (QED) is 0.284. The second kappa shape index (κ2) is 9.23. The van der Waals surface area contributed by atoms with Crippen molar-refractivity contribution in [2.24, 2.45) is 0 Å². The van der Waals surface area contributed by atoms with Crippen LogP contribution in [0.15, 0.2) is 53.5 Å². The number of rotatable bonds is 6. The molecule has 6 rings (SSSR count). The van der Waals surface area contributed by atoms with Crippen molar-refractivity contribution in [3.8, 4) is 17.0 Å². The lowest BCUT2D eigenvalue weighted by Crippen LogP contribution is -2.26. The highest BCUT2D eigenvalue weighted by molar-refractivity contribution is 9.10. The van der Waals surface area contributed by atoms with Crippen LogP contribution in [0.25, 0.3) is 33.1 Å². The van der Waals surface area contributed by atoms with Crippen LogP contribution in [0.3, 0.4) is 0 Å². The third-order valence-electron chi connectivity index (χ3n) is 6.47. The first-order chi connectivity index (χ1) is 17.6. The van der Waals surface area contributed by atoms with Crippen LogP contribution >= 0.6 is 15.9 Å². The van der Waals surface area contributed by atoms with Crippen molar-refractivity contribution in [3.63, 3.8) is 0 Å². The molecule has 4 heterocycles. The number of halogens is 1. The summed E-state index contributed by atoms with van der Waals surface area (Å²) in [5.41, 5.74) is 3.56. The molecule has 1 atom stereocenters. The van der Waals surface area contributed by atoms with Crippen molar-refractivity contribution in [2.45, 2.75) is 12.5 Å². The number of aromatic nitrogens is 6. The predicted octanol–water partition coefficient (Wildman–Crippen LogP) is 4.47. The molecule has 2 aromatic carbocycles. The van der Waals surface area contributed by atoms with Gasteiger partial charge in [-0.15, -0.1) is 0 Å². The Morgan fingerprint density at radius 3 is 2.92 bits per heavy atom. The van der Waals surface area contributed by atoms with Crippen molar-refractivity contribution in [1.29, 1.82) is 0 Å². The molecule has 0 amide bonds. The highest BCUT2D eigenvalue weighted by Gasteiger charge is 2.27. The number of nitrogens with zero attached hydrogens (tertiary/aromatic N) is 6. The average Bonchev–Trinajstić information content (AvgIpc) is 3.55. The first-order valence-corrected chi connectivity index (χ1v) is 12.4. The monoisotopic (exact) mass is 545 g/mol. The Labute approximate surface area is 215 Å². The Balaban J connectivity index is 1.35. The zero-order chi connectivity index (χ0) is 24.6. The maximum Gasteiger partial charge on any atom is 0.222 e. The lowest BCUT2D eigenvalue weighted by atomic mass is 10.0. The van der Waals surface area contributed by atoms with Gasteiger partial charge in [0.25, 0.3) is 0 Å². The Morgan fingerprint density at radius 1 is 1.14 bits per heavy atom. The van der Waals surface area contributed by atoms with E-state index in [-0.39, 0.29) is 6.04 Å². The SMILES string of the molecule is CNc1nccc(-c2cc(NC3CCN(c4ncnc5n[nH]c(Br)c45)C3)c3cc(OC)ccc3c2)n1. The molecule has 11 heteroatoms. The number of methoxy groups -OCH3 is 1. The van der Waals surface area contributed by atoms with Crippen LogP contribution in [-0.4, -0.2) is 63.4 Å². The summed E-state index contributed by atoms with van der Waals surface area (Å²) in [5, 5.41) is 17.1. The number of fused-ring (bicyclic) bond motifs is 2. The smallest absolute Gasteiger partial charge is 0.222 e. The van der Waals surface area contributed by atoms with E-state index in [2.05, 4.69) is 85.9 Å². The number of hydrogen-bond donors (Lipinski definition) is 3. The number of aromatic amines is 1. The van der Waals surface area contributed by atoms with Crippen LogP contribution in [0.4, 0.5) is 17.5 Å². The molecule has 0 saturated carbocycles. The molecule has 3 N–H and O–H groups in total. The molecule has 0 radical (unpaired) electrons.